The van der Waals surface area contributed by atoms with Crippen LogP contribution in [0.5, 0.6) is 34.5 Å². The monoisotopic (exact) mass is 274 g/mol. The highest BCUT2D eigenvalue weighted by molar-refractivity contribution is 6.04. The number of hydrogen-bond acceptors (Lipinski definition) is 6. The molecule has 6 heteroatoms. The summed E-state index contributed by atoms with van der Waals surface area (Å²) in [6.45, 7) is 0. The molecule has 0 spiro atoms. The van der Waals surface area contributed by atoms with Gasteiger partial charge in [-0.1, -0.05) is 12.1 Å². The zero-order chi connectivity index (χ0) is 14.4. The summed E-state index contributed by atoms with van der Waals surface area (Å²) in [5, 5.41) is 38.8. The van der Waals surface area contributed by atoms with Crippen LogP contribution in [0.1, 0.15) is 15.9 Å². The maximum absolute atomic E-state index is 12.1. The molecule has 6 nitrogen and oxygen atoms in total. The van der Waals surface area contributed by atoms with Crippen molar-refractivity contribution in [2.45, 2.75) is 6.42 Å². The largest absolute Gasteiger partial charge is 0.507 e. The number of phenolic OH excluding ortho intramolecular Hbond substituents is 4. The van der Waals surface area contributed by atoms with Gasteiger partial charge in [0, 0.05) is 18.1 Å². The molecule has 1 aliphatic rings. The van der Waals surface area contributed by atoms with Crippen molar-refractivity contribution in [1.29, 1.82) is 0 Å². The van der Waals surface area contributed by atoms with Gasteiger partial charge in [0.05, 0.1) is 0 Å². The van der Waals surface area contributed by atoms with Gasteiger partial charge in [-0.05, 0) is 6.07 Å². The van der Waals surface area contributed by atoms with E-state index >= 15 is 0 Å². The molecule has 0 atom stereocenters. The number of para-hydroxylation sites is 1. The van der Waals surface area contributed by atoms with Crippen molar-refractivity contribution in [3.63, 3.8) is 0 Å². The second-order valence-corrected chi connectivity index (χ2v) is 4.43. The quantitative estimate of drug-likeness (QED) is 0.432. The van der Waals surface area contributed by atoms with E-state index in [4.69, 9.17) is 4.74 Å². The average molecular weight is 274 g/mol. The highest BCUT2D eigenvalue weighted by atomic mass is 16.5. The topological polar surface area (TPSA) is 107 Å². The van der Waals surface area contributed by atoms with E-state index in [1.165, 1.54) is 6.07 Å². The number of fused-ring (bicyclic) bond motifs is 2. The molecule has 3 rings (SSSR count). The molecule has 2 aromatic rings. The molecule has 0 aliphatic carbocycles. The third-order valence-corrected chi connectivity index (χ3v) is 3.12. The normalized spacial score (nSPS) is 13.1. The van der Waals surface area contributed by atoms with Crippen LogP contribution in [0.4, 0.5) is 0 Å². The molecule has 0 saturated heterocycles. The van der Waals surface area contributed by atoms with Crippen LogP contribution in [-0.4, -0.2) is 26.2 Å². The molecule has 2 aromatic carbocycles. The fraction of sp³-hybridized carbons (Fsp3) is 0.0714. The van der Waals surface area contributed by atoms with Crippen molar-refractivity contribution in [1.82, 2.24) is 0 Å². The zero-order valence-corrected chi connectivity index (χ0v) is 10.1. The fourth-order valence-corrected chi connectivity index (χ4v) is 2.18. The first-order valence-corrected chi connectivity index (χ1v) is 5.79. The molecule has 20 heavy (non-hydrogen) atoms. The number of ether oxygens (including phenoxy) is 1. The Labute approximate surface area is 113 Å². The van der Waals surface area contributed by atoms with Crippen LogP contribution in [-0.2, 0) is 6.42 Å². The zero-order valence-electron chi connectivity index (χ0n) is 10.1. The molecule has 0 aromatic heterocycles. The maximum Gasteiger partial charge on any atom is 0.202 e. The van der Waals surface area contributed by atoms with Gasteiger partial charge in [-0.15, -0.1) is 0 Å². The van der Waals surface area contributed by atoms with Crippen molar-refractivity contribution < 1.29 is 30.0 Å². The van der Waals surface area contributed by atoms with Gasteiger partial charge in [-0.2, -0.15) is 0 Å². The average Bonchev–Trinajstić information content (AvgIpc) is 2.53. The number of phenols is 4. The summed E-state index contributed by atoms with van der Waals surface area (Å²) in [6, 6.07) is 5.38. The summed E-state index contributed by atoms with van der Waals surface area (Å²) in [7, 11) is 0. The predicted octanol–water partition coefficient (Wildman–Crippen LogP) is 2.04. The predicted molar refractivity (Wildman–Crippen MR) is 67.7 cm³/mol. The lowest BCUT2D eigenvalue weighted by Gasteiger charge is -2.12. The Hall–Kier alpha value is -2.89. The van der Waals surface area contributed by atoms with E-state index < -0.39 is 23.0 Å². The Morgan fingerprint density at radius 2 is 1.70 bits per heavy atom. The van der Waals surface area contributed by atoms with Crippen LogP contribution >= 0.6 is 0 Å². The Morgan fingerprint density at radius 1 is 0.950 bits per heavy atom. The molecule has 0 saturated carbocycles. The first kappa shape index (κ1) is 12.2. The van der Waals surface area contributed by atoms with E-state index in [0.29, 0.717) is 5.56 Å². The Bertz CT molecular complexity index is 735. The van der Waals surface area contributed by atoms with E-state index in [0.717, 1.165) is 6.07 Å². The van der Waals surface area contributed by atoms with Gasteiger partial charge < -0.3 is 25.2 Å². The molecule has 0 unspecified atom stereocenters. The smallest absolute Gasteiger partial charge is 0.202 e. The van der Waals surface area contributed by atoms with Gasteiger partial charge in [-0.3, -0.25) is 4.79 Å². The maximum atomic E-state index is 12.1. The van der Waals surface area contributed by atoms with Gasteiger partial charge in [0.1, 0.15) is 11.3 Å². The molecule has 1 heterocycles. The second-order valence-electron chi connectivity index (χ2n) is 4.43. The number of ketones is 1. The molecule has 0 bridgehead atoms. The molecule has 102 valence electrons. The minimum atomic E-state index is -0.665. The highest BCUT2D eigenvalue weighted by Crippen LogP contribution is 2.49. The molecule has 1 aliphatic heterocycles. The molecule has 0 amide bonds. The summed E-state index contributed by atoms with van der Waals surface area (Å²) >= 11 is 0. The van der Waals surface area contributed by atoms with Crippen LogP contribution in [0.25, 0.3) is 0 Å². The molecule has 0 radical (unpaired) electrons. The molecular weight excluding hydrogens is 264 g/mol. The van der Waals surface area contributed by atoms with Gasteiger partial charge in [0.25, 0.3) is 0 Å². The number of benzene rings is 2. The van der Waals surface area contributed by atoms with Crippen LogP contribution in [0.15, 0.2) is 24.3 Å². The number of rotatable bonds is 0. The Kier molecular flexibility index (Phi) is 2.47. The molecular formula is C14H10O6. The van der Waals surface area contributed by atoms with Crippen molar-refractivity contribution >= 4 is 5.78 Å². The lowest BCUT2D eigenvalue weighted by atomic mass is 10.0. The van der Waals surface area contributed by atoms with E-state index in [9.17, 15) is 25.2 Å². The number of Topliss-reactive ketones (excluding diaryl/α,β-unsaturated/α-hetero) is 1. The number of carbonyl (C=O) groups is 1. The van der Waals surface area contributed by atoms with E-state index in [1.807, 2.05) is 0 Å². The first-order valence-electron chi connectivity index (χ1n) is 5.79. The van der Waals surface area contributed by atoms with E-state index in [1.54, 1.807) is 12.1 Å². The highest BCUT2D eigenvalue weighted by Gasteiger charge is 2.30. The summed E-state index contributed by atoms with van der Waals surface area (Å²) in [5.41, 5.74) is 0.195. The number of hydrogen-bond donors (Lipinski definition) is 4. The van der Waals surface area contributed by atoms with Gasteiger partial charge in [0.2, 0.25) is 5.75 Å². The third kappa shape index (κ3) is 1.62. The van der Waals surface area contributed by atoms with Gasteiger partial charge in [-0.25, -0.2) is 0 Å². The minimum Gasteiger partial charge on any atom is -0.507 e. The summed E-state index contributed by atoms with van der Waals surface area (Å²) in [4.78, 5) is 12.1. The minimum absolute atomic E-state index is 0.0138. The van der Waals surface area contributed by atoms with Crippen LogP contribution in [0, 0.1) is 0 Å². The van der Waals surface area contributed by atoms with Crippen molar-refractivity contribution in [2.75, 3.05) is 0 Å². The van der Waals surface area contributed by atoms with Crippen molar-refractivity contribution in [2.24, 2.45) is 0 Å². The summed E-state index contributed by atoms with van der Waals surface area (Å²) in [5.74, 6) is -2.82. The summed E-state index contributed by atoms with van der Waals surface area (Å²) in [6.07, 6.45) is -0.103. The molecule has 4 N–H and O–H groups in total. The van der Waals surface area contributed by atoms with Crippen molar-refractivity contribution in [3.05, 3.63) is 35.4 Å². The second kappa shape index (κ2) is 4.06. The first-order chi connectivity index (χ1) is 9.49. The SMILES string of the molecule is O=C1Cc2cccc(O)c2Oc2c(O)c(O)cc(O)c21. The Morgan fingerprint density at radius 3 is 2.45 bits per heavy atom. The summed E-state index contributed by atoms with van der Waals surface area (Å²) < 4.78 is 5.36. The third-order valence-electron chi connectivity index (χ3n) is 3.12. The fourth-order valence-electron chi connectivity index (χ4n) is 2.18. The van der Waals surface area contributed by atoms with Gasteiger partial charge in [0.15, 0.2) is 28.8 Å². The molecule has 0 fully saturated rings. The van der Waals surface area contributed by atoms with E-state index in [-0.39, 0.29) is 29.2 Å². The number of aromatic hydroxyl groups is 4. The van der Waals surface area contributed by atoms with Crippen molar-refractivity contribution in [3.8, 4) is 34.5 Å². The lowest BCUT2D eigenvalue weighted by molar-refractivity contribution is 0.0990. The lowest BCUT2D eigenvalue weighted by Crippen LogP contribution is -2.02. The van der Waals surface area contributed by atoms with Gasteiger partial charge >= 0.3 is 0 Å². The van der Waals surface area contributed by atoms with Crippen LogP contribution in [0.3, 0.4) is 0 Å². The number of carbonyl (C=O) groups excluding carboxylic acids is 1. The van der Waals surface area contributed by atoms with Crippen LogP contribution < -0.4 is 4.74 Å². The Balaban J connectivity index is 2.31. The standard InChI is InChI=1S/C14H10O6/c15-7-3-1-2-6-4-8(16)11-9(17)5-10(18)12(19)14(11)20-13(6)7/h1-3,5,15,17-19H,4H2. The van der Waals surface area contributed by atoms with E-state index in [2.05, 4.69) is 0 Å². The van der Waals surface area contributed by atoms with Crippen LogP contribution in [0.2, 0.25) is 0 Å².